The van der Waals surface area contributed by atoms with Crippen molar-refractivity contribution in [3.05, 3.63) is 16.9 Å². The first-order valence-corrected chi connectivity index (χ1v) is 5.96. The number of hydrogen-bond donors (Lipinski definition) is 0. The fourth-order valence-corrected chi connectivity index (χ4v) is 1.85. The van der Waals surface area contributed by atoms with E-state index in [0.717, 1.165) is 5.69 Å². The summed E-state index contributed by atoms with van der Waals surface area (Å²) in [5, 5.41) is 0.405. The minimum Gasteiger partial charge on any atom is -0.397 e. The summed E-state index contributed by atoms with van der Waals surface area (Å²) < 4.78 is 11.7. The van der Waals surface area contributed by atoms with Gasteiger partial charge in [0.05, 0.1) is 11.2 Å². The van der Waals surface area contributed by atoms with Crippen LogP contribution in [-0.2, 0) is 9.31 Å². The molecule has 17 heavy (non-hydrogen) atoms. The number of nitrogens with zero attached hydrogens (tertiary/aromatic N) is 2. The summed E-state index contributed by atoms with van der Waals surface area (Å²) in [6.45, 7) is 9.83. The zero-order valence-electron chi connectivity index (χ0n) is 10.7. The molecule has 1 saturated heterocycles. The summed E-state index contributed by atoms with van der Waals surface area (Å²) in [6.07, 6.45) is 0. The first kappa shape index (κ1) is 12.8. The highest BCUT2D eigenvalue weighted by atomic mass is 35.5. The molecule has 6 heteroatoms. The van der Waals surface area contributed by atoms with Crippen molar-refractivity contribution in [2.75, 3.05) is 0 Å². The fourth-order valence-electron chi connectivity index (χ4n) is 1.61. The van der Waals surface area contributed by atoms with Gasteiger partial charge >= 0.3 is 7.12 Å². The van der Waals surface area contributed by atoms with Crippen LogP contribution in [0.25, 0.3) is 0 Å². The van der Waals surface area contributed by atoms with E-state index in [-0.39, 0.29) is 0 Å². The second kappa shape index (κ2) is 3.94. The van der Waals surface area contributed by atoms with Crippen molar-refractivity contribution >= 4 is 24.4 Å². The van der Waals surface area contributed by atoms with Gasteiger partial charge in [-0.05, 0) is 40.7 Å². The smallest absolute Gasteiger partial charge is 0.397 e. The van der Waals surface area contributed by atoms with Gasteiger partial charge in [0.1, 0.15) is 5.15 Å². The molecule has 1 aliphatic heterocycles. The maximum atomic E-state index is 5.91. The predicted octanol–water partition coefficient (Wildman–Crippen LogP) is 1.74. The molecule has 2 rings (SSSR count). The normalized spacial score (nSPS) is 21.9. The van der Waals surface area contributed by atoms with Crippen LogP contribution in [0.15, 0.2) is 6.07 Å². The molecule has 1 fully saturated rings. The molecule has 0 unspecified atom stereocenters. The van der Waals surface area contributed by atoms with Crippen molar-refractivity contribution in [2.45, 2.75) is 45.8 Å². The molecule has 1 aliphatic rings. The number of aryl methyl sites for hydroxylation is 1. The van der Waals surface area contributed by atoms with Crippen molar-refractivity contribution in [1.82, 2.24) is 9.97 Å². The summed E-state index contributed by atoms with van der Waals surface area (Å²) >= 11 is 5.91. The maximum absolute atomic E-state index is 5.91. The van der Waals surface area contributed by atoms with E-state index < -0.39 is 18.3 Å². The minimum atomic E-state index is -0.558. The van der Waals surface area contributed by atoms with Gasteiger partial charge in [-0.25, -0.2) is 9.97 Å². The van der Waals surface area contributed by atoms with Gasteiger partial charge in [0.25, 0.3) is 0 Å². The van der Waals surface area contributed by atoms with E-state index in [2.05, 4.69) is 9.97 Å². The van der Waals surface area contributed by atoms with Crippen molar-refractivity contribution < 1.29 is 9.31 Å². The zero-order valence-corrected chi connectivity index (χ0v) is 11.5. The summed E-state index contributed by atoms with van der Waals surface area (Å²) in [4.78, 5) is 8.45. The SMILES string of the molecule is Cc1cc(Cl)nc(B2OC(C)(C)C(C)(C)O2)n1. The van der Waals surface area contributed by atoms with Crippen LogP contribution in [0.5, 0.6) is 0 Å². The molecule has 1 aromatic rings. The van der Waals surface area contributed by atoms with E-state index >= 15 is 0 Å². The fraction of sp³-hybridized carbons (Fsp3) is 0.636. The molecule has 0 saturated carbocycles. The molecule has 0 spiro atoms. The molecule has 0 aliphatic carbocycles. The monoisotopic (exact) mass is 254 g/mol. The van der Waals surface area contributed by atoms with Gasteiger partial charge in [-0.2, -0.15) is 0 Å². The van der Waals surface area contributed by atoms with Gasteiger partial charge in [-0.3, -0.25) is 0 Å². The lowest BCUT2D eigenvalue weighted by Crippen LogP contribution is -2.41. The average molecular weight is 255 g/mol. The Balaban J connectivity index is 2.32. The molecule has 0 atom stereocenters. The zero-order chi connectivity index (χ0) is 12.8. The number of rotatable bonds is 1. The summed E-state index contributed by atoms with van der Waals surface area (Å²) in [5.41, 5.74) is 0.498. The first-order valence-electron chi connectivity index (χ1n) is 5.58. The van der Waals surface area contributed by atoms with Crippen LogP contribution in [-0.4, -0.2) is 28.3 Å². The third kappa shape index (κ3) is 2.32. The van der Waals surface area contributed by atoms with E-state index in [1.54, 1.807) is 6.07 Å². The molecule has 4 nitrogen and oxygen atoms in total. The van der Waals surface area contributed by atoms with E-state index in [1.807, 2.05) is 34.6 Å². The summed E-state index contributed by atoms with van der Waals surface area (Å²) in [5.74, 6) is 0. The lowest BCUT2D eigenvalue weighted by atomic mass is 9.89. The molecule has 2 heterocycles. The second-order valence-corrected chi connectivity index (χ2v) is 5.67. The van der Waals surface area contributed by atoms with E-state index in [9.17, 15) is 0 Å². The van der Waals surface area contributed by atoms with Crippen LogP contribution in [0, 0.1) is 6.92 Å². The molecule has 0 radical (unpaired) electrons. The maximum Gasteiger partial charge on any atom is 0.534 e. The van der Waals surface area contributed by atoms with E-state index in [4.69, 9.17) is 20.9 Å². The third-order valence-corrected chi connectivity index (χ3v) is 3.50. The van der Waals surface area contributed by atoms with E-state index in [0.29, 0.717) is 10.9 Å². The molecule has 0 amide bonds. The molecule has 92 valence electrons. The van der Waals surface area contributed by atoms with Crippen LogP contribution < -0.4 is 5.72 Å². The molecular formula is C11H16BClN2O2. The topological polar surface area (TPSA) is 44.2 Å². The largest absolute Gasteiger partial charge is 0.534 e. The Morgan fingerprint density at radius 1 is 1.12 bits per heavy atom. The highest BCUT2D eigenvalue weighted by molar-refractivity contribution is 6.60. The standard InChI is InChI=1S/C11H16BClN2O2/c1-7-6-8(13)15-9(14-7)12-16-10(2,3)11(4,5)17-12/h6H,1-5H3. The van der Waals surface area contributed by atoms with Crippen LogP contribution in [0.1, 0.15) is 33.4 Å². The molecular weight excluding hydrogens is 238 g/mol. The Kier molecular flexibility index (Phi) is 2.96. The Bertz CT molecular complexity index is 415. The minimum absolute atomic E-state index is 0.392. The number of aromatic nitrogens is 2. The second-order valence-electron chi connectivity index (χ2n) is 5.28. The van der Waals surface area contributed by atoms with Crippen LogP contribution in [0.4, 0.5) is 0 Å². The predicted molar refractivity (Wildman–Crippen MR) is 67.5 cm³/mol. The Hall–Kier alpha value is -0.645. The van der Waals surface area contributed by atoms with E-state index in [1.165, 1.54) is 0 Å². The van der Waals surface area contributed by atoms with Crippen molar-refractivity contribution in [2.24, 2.45) is 0 Å². The van der Waals surface area contributed by atoms with Gasteiger partial charge in [0.15, 0.2) is 5.72 Å². The lowest BCUT2D eigenvalue weighted by molar-refractivity contribution is 0.00578. The highest BCUT2D eigenvalue weighted by Crippen LogP contribution is 2.36. The number of halogens is 1. The van der Waals surface area contributed by atoms with Crippen molar-refractivity contribution in [1.29, 1.82) is 0 Å². The molecule has 0 aromatic carbocycles. The van der Waals surface area contributed by atoms with Crippen LogP contribution in [0.3, 0.4) is 0 Å². The Morgan fingerprint density at radius 3 is 2.12 bits per heavy atom. The summed E-state index contributed by atoms with van der Waals surface area (Å²) in [7, 11) is -0.558. The van der Waals surface area contributed by atoms with Gasteiger partial charge in [-0.1, -0.05) is 11.6 Å². The lowest BCUT2D eigenvalue weighted by Gasteiger charge is -2.32. The van der Waals surface area contributed by atoms with Crippen LogP contribution in [0.2, 0.25) is 5.15 Å². The Labute approximate surface area is 107 Å². The third-order valence-electron chi connectivity index (χ3n) is 3.30. The van der Waals surface area contributed by atoms with Gasteiger partial charge in [0.2, 0.25) is 0 Å². The van der Waals surface area contributed by atoms with Crippen molar-refractivity contribution in [3.63, 3.8) is 0 Å². The van der Waals surface area contributed by atoms with Gasteiger partial charge in [-0.15, -0.1) is 0 Å². The molecule has 0 bridgehead atoms. The highest BCUT2D eigenvalue weighted by Gasteiger charge is 2.53. The Morgan fingerprint density at radius 2 is 1.65 bits per heavy atom. The first-order chi connectivity index (χ1) is 7.71. The number of hydrogen-bond acceptors (Lipinski definition) is 4. The average Bonchev–Trinajstić information content (AvgIpc) is 2.34. The van der Waals surface area contributed by atoms with Crippen LogP contribution >= 0.6 is 11.6 Å². The quantitative estimate of drug-likeness (QED) is 0.566. The molecule has 1 aromatic heterocycles. The van der Waals surface area contributed by atoms with Gasteiger partial charge in [0, 0.05) is 5.69 Å². The molecule has 0 N–H and O–H groups in total. The van der Waals surface area contributed by atoms with Gasteiger partial charge < -0.3 is 9.31 Å². The van der Waals surface area contributed by atoms with Crippen molar-refractivity contribution in [3.8, 4) is 0 Å². The summed E-state index contributed by atoms with van der Waals surface area (Å²) in [6, 6.07) is 1.70.